The number of aromatic amines is 1. The molecule has 0 aliphatic heterocycles. The minimum Gasteiger partial charge on any atom is -0.250 e. The summed E-state index contributed by atoms with van der Waals surface area (Å²) in [6.07, 6.45) is 1.76. The number of aryl methyl sites for hydroxylation is 1. The third kappa shape index (κ3) is 2.93. The maximum absolute atomic E-state index is 5.28. The normalized spacial score (nSPS) is 11.2. The SMILES string of the molecule is Cc1ccccc1-c1n[nH]c(=S)n1N=Cc1ccccc1Br. The predicted molar refractivity (Wildman–Crippen MR) is 94.7 cm³/mol. The number of aromatic nitrogens is 3. The molecule has 0 aliphatic carbocycles. The molecule has 22 heavy (non-hydrogen) atoms. The van der Waals surface area contributed by atoms with Crippen molar-refractivity contribution in [3.63, 3.8) is 0 Å². The van der Waals surface area contributed by atoms with Crippen LogP contribution in [0.25, 0.3) is 11.4 Å². The minimum atomic E-state index is 0.460. The first-order chi connectivity index (χ1) is 10.7. The minimum absolute atomic E-state index is 0.460. The lowest BCUT2D eigenvalue weighted by Crippen LogP contribution is -1.96. The fraction of sp³-hybridized carbons (Fsp3) is 0.0625. The molecule has 1 N–H and O–H groups in total. The van der Waals surface area contributed by atoms with Crippen LogP contribution in [0.2, 0.25) is 0 Å². The van der Waals surface area contributed by atoms with Crippen molar-refractivity contribution in [2.45, 2.75) is 6.92 Å². The van der Waals surface area contributed by atoms with E-state index in [1.165, 1.54) is 0 Å². The molecular formula is C16H13BrN4S. The molecular weight excluding hydrogens is 360 g/mol. The molecule has 0 radical (unpaired) electrons. The first-order valence-corrected chi connectivity index (χ1v) is 7.89. The predicted octanol–water partition coefficient (Wildman–Crippen LogP) is 4.56. The van der Waals surface area contributed by atoms with Gasteiger partial charge in [0, 0.05) is 15.6 Å². The number of hydrogen-bond acceptors (Lipinski definition) is 3. The number of nitrogens with zero attached hydrogens (tertiary/aromatic N) is 3. The quantitative estimate of drug-likeness (QED) is 0.540. The van der Waals surface area contributed by atoms with Crippen LogP contribution in [0.4, 0.5) is 0 Å². The molecule has 1 heterocycles. The van der Waals surface area contributed by atoms with E-state index in [2.05, 4.69) is 31.2 Å². The van der Waals surface area contributed by atoms with E-state index >= 15 is 0 Å². The van der Waals surface area contributed by atoms with Crippen LogP contribution in [0.5, 0.6) is 0 Å². The van der Waals surface area contributed by atoms with E-state index < -0.39 is 0 Å². The van der Waals surface area contributed by atoms with Gasteiger partial charge in [-0.15, -0.1) is 0 Å². The maximum atomic E-state index is 5.28. The Morgan fingerprint density at radius 2 is 1.91 bits per heavy atom. The third-order valence-electron chi connectivity index (χ3n) is 3.25. The highest BCUT2D eigenvalue weighted by molar-refractivity contribution is 9.10. The summed E-state index contributed by atoms with van der Waals surface area (Å²) in [6, 6.07) is 15.9. The molecule has 0 bridgehead atoms. The van der Waals surface area contributed by atoms with Crippen molar-refractivity contribution < 1.29 is 0 Å². The first-order valence-electron chi connectivity index (χ1n) is 6.69. The Morgan fingerprint density at radius 3 is 2.68 bits per heavy atom. The molecule has 3 rings (SSSR count). The Hall–Kier alpha value is -2.05. The highest BCUT2D eigenvalue weighted by atomic mass is 79.9. The first kappa shape index (κ1) is 14.9. The molecule has 110 valence electrons. The van der Waals surface area contributed by atoms with Gasteiger partial charge in [0.1, 0.15) is 0 Å². The van der Waals surface area contributed by atoms with Crippen LogP contribution < -0.4 is 0 Å². The highest BCUT2D eigenvalue weighted by Crippen LogP contribution is 2.21. The zero-order valence-electron chi connectivity index (χ0n) is 11.8. The number of H-pyrrole nitrogens is 1. The van der Waals surface area contributed by atoms with Gasteiger partial charge in [0.05, 0.1) is 6.21 Å². The zero-order valence-corrected chi connectivity index (χ0v) is 14.2. The van der Waals surface area contributed by atoms with Crippen LogP contribution in [-0.4, -0.2) is 21.1 Å². The van der Waals surface area contributed by atoms with Crippen LogP contribution in [0.1, 0.15) is 11.1 Å². The second-order valence-electron chi connectivity index (χ2n) is 4.75. The van der Waals surface area contributed by atoms with Crippen molar-refractivity contribution in [2.24, 2.45) is 5.10 Å². The Labute approximate surface area is 141 Å². The topological polar surface area (TPSA) is 46.0 Å². The van der Waals surface area contributed by atoms with Crippen molar-refractivity contribution in [1.29, 1.82) is 0 Å². The van der Waals surface area contributed by atoms with Crippen LogP contribution in [0.3, 0.4) is 0 Å². The molecule has 0 amide bonds. The lowest BCUT2D eigenvalue weighted by atomic mass is 10.1. The molecule has 6 heteroatoms. The van der Waals surface area contributed by atoms with Gasteiger partial charge in [0.15, 0.2) is 5.82 Å². The largest absolute Gasteiger partial charge is 0.250 e. The van der Waals surface area contributed by atoms with Gasteiger partial charge in [-0.1, -0.05) is 58.4 Å². The van der Waals surface area contributed by atoms with Gasteiger partial charge in [-0.2, -0.15) is 14.9 Å². The summed E-state index contributed by atoms with van der Waals surface area (Å²) in [7, 11) is 0. The van der Waals surface area contributed by atoms with E-state index in [0.29, 0.717) is 10.6 Å². The Bertz CT molecular complexity index is 895. The number of hydrogen-bond donors (Lipinski definition) is 1. The maximum Gasteiger partial charge on any atom is 0.216 e. The molecule has 0 unspecified atom stereocenters. The van der Waals surface area contributed by atoms with E-state index in [0.717, 1.165) is 21.2 Å². The average molecular weight is 373 g/mol. The molecule has 0 atom stereocenters. The smallest absolute Gasteiger partial charge is 0.216 e. The molecule has 0 saturated carbocycles. The fourth-order valence-corrected chi connectivity index (χ4v) is 2.66. The average Bonchev–Trinajstić information content (AvgIpc) is 2.88. The van der Waals surface area contributed by atoms with Crippen LogP contribution in [0.15, 0.2) is 58.1 Å². The Morgan fingerprint density at radius 1 is 1.18 bits per heavy atom. The van der Waals surface area contributed by atoms with E-state index in [1.54, 1.807) is 10.9 Å². The van der Waals surface area contributed by atoms with Crippen LogP contribution in [-0.2, 0) is 0 Å². The lowest BCUT2D eigenvalue weighted by molar-refractivity contribution is 0.870. The monoisotopic (exact) mass is 372 g/mol. The standard InChI is InChI=1S/C16H13BrN4S/c1-11-6-2-4-8-13(11)15-19-20-16(22)21(15)18-10-12-7-3-5-9-14(12)17/h2-10H,1H3,(H,20,22). The van der Waals surface area contributed by atoms with Gasteiger partial charge in [0.2, 0.25) is 4.77 Å². The second kappa shape index (κ2) is 6.37. The molecule has 0 spiro atoms. The number of rotatable bonds is 3. The van der Waals surface area contributed by atoms with Crippen molar-refractivity contribution >= 4 is 34.4 Å². The van der Waals surface area contributed by atoms with Gasteiger partial charge in [-0.25, -0.2) is 5.10 Å². The third-order valence-corrected chi connectivity index (χ3v) is 4.24. The van der Waals surface area contributed by atoms with Gasteiger partial charge < -0.3 is 0 Å². The van der Waals surface area contributed by atoms with Crippen LogP contribution in [0, 0.1) is 11.7 Å². The number of halogens is 1. The van der Waals surface area contributed by atoms with Crippen molar-refractivity contribution in [3.8, 4) is 11.4 Å². The Kier molecular flexibility index (Phi) is 4.31. The highest BCUT2D eigenvalue weighted by Gasteiger charge is 2.10. The summed E-state index contributed by atoms with van der Waals surface area (Å²) in [5.41, 5.74) is 3.09. The molecule has 2 aromatic carbocycles. The van der Waals surface area contributed by atoms with Gasteiger partial charge in [0.25, 0.3) is 0 Å². The molecule has 0 aliphatic rings. The summed E-state index contributed by atoms with van der Waals surface area (Å²) >= 11 is 8.79. The van der Waals surface area contributed by atoms with Gasteiger partial charge in [-0.05, 0) is 30.8 Å². The molecule has 0 saturated heterocycles. The van der Waals surface area contributed by atoms with Crippen molar-refractivity contribution in [2.75, 3.05) is 0 Å². The fourth-order valence-electron chi connectivity index (χ4n) is 2.10. The van der Waals surface area contributed by atoms with E-state index in [9.17, 15) is 0 Å². The molecule has 3 aromatic rings. The summed E-state index contributed by atoms with van der Waals surface area (Å²) in [5, 5.41) is 11.6. The van der Waals surface area contributed by atoms with E-state index in [4.69, 9.17) is 12.2 Å². The molecule has 1 aromatic heterocycles. The summed E-state index contributed by atoms with van der Waals surface area (Å²) in [5.74, 6) is 0.700. The summed E-state index contributed by atoms with van der Waals surface area (Å²) in [6.45, 7) is 2.04. The van der Waals surface area contributed by atoms with E-state index in [1.807, 2.05) is 55.5 Å². The number of benzene rings is 2. The van der Waals surface area contributed by atoms with Crippen LogP contribution >= 0.6 is 28.1 Å². The zero-order chi connectivity index (χ0) is 15.5. The molecule has 0 fully saturated rings. The summed E-state index contributed by atoms with van der Waals surface area (Å²) < 4.78 is 3.07. The van der Waals surface area contributed by atoms with Crippen molar-refractivity contribution in [1.82, 2.24) is 14.9 Å². The lowest BCUT2D eigenvalue weighted by Gasteiger charge is -2.04. The number of nitrogens with one attached hydrogen (secondary N) is 1. The van der Waals surface area contributed by atoms with Gasteiger partial charge >= 0.3 is 0 Å². The molecule has 4 nitrogen and oxygen atoms in total. The van der Waals surface area contributed by atoms with Crippen molar-refractivity contribution in [3.05, 3.63) is 68.9 Å². The second-order valence-corrected chi connectivity index (χ2v) is 5.99. The van der Waals surface area contributed by atoms with Gasteiger partial charge in [-0.3, -0.25) is 0 Å². The van der Waals surface area contributed by atoms with E-state index in [-0.39, 0.29) is 0 Å². The Balaban J connectivity index is 2.06. The summed E-state index contributed by atoms with van der Waals surface area (Å²) in [4.78, 5) is 0.